The number of rotatable bonds is 5. The maximum absolute atomic E-state index is 13.4. The van der Waals surface area contributed by atoms with Crippen LogP contribution >= 0.6 is 22.9 Å². The van der Waals surface area contributed by atoms with E-state index >= 15 is 0 Å². The van der Waals surface area contributed by atoms with Gasteiger partial charge in [-0.05, 0) is 6.42 Å². The van der Waals surface area contributed by atoms with Crippen LogP contribution in [0.4, 0.5) is 15.8 Å². The molecule has 106 valence electrons. The molecule has 0 bridgehead atoms. The van der Waals surface area contributed by atoms with Gasteiger partial charge in [0.25, 0.3) is 5.69 Å². The van der Waals surface area contributed by atoms with Gasteiger partial charge in [0, 0.05) is 23.2 Å². The third-order valence-electron chi connectivity index (χ3n) is 2.62. The first-order chi connectivity index (χ1) is 9.51. The van der Waals surface area contributed by atoms with Gasteiger partial charge in [-0.15, -0.1) is 11.3 Å². The van der Waals surface area contributed by atoms with Crippen molar-refractivity contribution in [2.75, 3.05) is 5.32 Å². The summed E-state index contributed by atoms with van der Waals surface area (Å²) in [4.78, 5) is 15.6. The van der Waals surface area contributed by atoms with Crippen LogP contribution in [0.25, 0.3) is 0 Å². The second kappa shape index (κ2) is 6.15. The van der Waals surface area contributed by atoms with Gasteiger partial charge in [0.05, 0.1) is 16.5 Å². The average molecular weight is 316 g/mol. The molecule has 5 nitrogen and oxygen atoms in total. The summed E-state index contributed by atoms with van der Waals surface area (Å²) in [5, 5.41) is 14.3. The van der Waals surface area contributed by atoms with Crippen molar-refractivity contribution in [2.24, 2.45) is 0 Å². The molecule has 0 aliphatic carbocycles. The number of halogens is 2. The highest BCUT2D eigenvalue weighted by atomic mass is 35.5. The molecule has 8 heteroatoms. The van der Waals surface area contributed by atoms with E-state index in [9.17, 15) is 14.5 Å². The Hall–Kier alpha value is -1.73. The van der Waals surface area contributed by atoms with Gasteiger partial charge in [-0.1, -0.05) is 18.5 Å². The summed E-state index contributed by atoms with van der Waals surface area (Å²) in [6.07, 6.45) is 2.64. The standard InChI is InChI=1S/C12H11ClFN3O2S/c1-2-7-5-16-12(20-7)6-15-10-4-9(14)8(13)3-11(10)17(18)19/h3-5,15H,2,6H2,1H3. The molecule has 0 fully saturated rings. The number of nitrogens with one attached hydrogen (secondary N) is 1. The van der Waals surface area contributed by atoms with E-state index < -0.39 is 10.7 Å². The van der Waals surface area contributed by atoms with E-state index in [-0.39, 0.29) is 16.4 Å². The van der Waals surface area contributed by atoms with E-state index in [0.717, 1.165) is 28.4 Å². The summed E-state index contributed by atoms with van der Waals surface area (Å²) >= 11 is 7.06. The molecular formula is C12H11ClFN3O2S. The normalized spacial score (nSPS) is 10.6. The summed E-state index contributed by atoms with van der Waals surface area (Å²) in [6.45, 7) is 2.32. The molecule has 0 unspecified atom stereocenters. The number of nitro groups is 1. The molecule has 20 heavy (non-hydrogen) atoms. The van der Waals surface area contributed by atoms with Crippen molar-refractivity contribution < 1.29 is 9.31 Å². The lowest BCUT2D eigenvalue weighted by molar-refractivity contribution is -0.384. The highest BCUT2D eigenvalue weighted by molar-refractivity contribution is 7.11. The Balaban J connectivity index is 2.20. The highest BCUT2D eigenvalue weighted by Gasteiger charge is 2.17. The Kier molecular flexibility index (Phi) is 4.51. The number of nitrogens with zero attached hydrogens (tertiary/aromatic N) is 2. The van der Waals surface area contributed by atoms with Gasteiger partial charge < -0.3 is 5.32 Å². The van der Waals surface area contributed by atoms with Crippen LogP contribution in [0.2, 0.25) is 5.02 Å². The number of anilines is 1. The summed E-state index contributed by atoms with van der Waals surface area (Å²) in [5.74, 6) is -0.701. The van der Waals surface area contributed by atoms with Crippen LogP contribution in [-0.2, 0) is 13.0 Å². The number of benzene rings is 1. The quantitative estimate of drug-likeness (QED) is 0.668. The molecule has 1 N–H and O–H groups in total. The molecule has 0 aliphatic rings. The average Bonchev–Trinajstić information content (AvgIpc) is 2.87. The first-order valence-electron chi connectivity index (χ1n) is 5.82. The molecule has 1 aromatic heterocycles. The second-order valence-electron chi connectivity index (χ2n) is 3.97. The summed E-state index contributed by atoms with van der Waals surface area (Å²) < 4.78 is 13.4. The van der Waals surface area contributed by atoms with Gasteiger partial charge in [0.2, 0.25) is 0 Å². The summed E-state index contributed by atoms with van der Waals surface area (Å²) in [6, 6.07) is 2.02. The van der Waals surface area contributed by atoms with Gasteiger partial charge >= 0.3 is 0 Å². The molecule has 0 saturated carbocycles. The van der Waals surface area contributed by atoms with Crippen LogP contribution in [0.3, 0.4) is 0 Å². The number of aromatic nitrogens is 1. The van der Waals surface area contributed by atoms with Crippen molar-refractivity contribution in [2.45, 2.75) is 19.9 Å². The second-order valence-corrected chi connectivity index (χ2v) is 5.57. The number of aryl methyl sites for hydroxylation is 1. The molecule has 2 aromatic rings. The fourth-order valence-electron chi connectivity index (χ4n) is 1.59. The third kappa shape index (κ3) is 3.23. The Labute approximate surface area is 123 Å². The van der Waals surface area contributed by atoms with Crippen molar-refractivity contribution >= 4 is 34.3 Å². The molecule has 2 rings (SSSR count). The van der Waals surface area contributed by atoms with Crippen molar-refractivity contribution in [1.82, 2.24) is 4.98 Å². The van der Waals surface area contributed by atoms with Gasteiger partial charge in [-0.3, -0.25) is 10.1 Å². The predicted octanol–water partition coefficient (Wildman–Crippen LogP) is 4.02. The van der Waals surface area contributed by atoms with E-state index in [1.165, 1.54) is 11.3 Å². The summed E-state index contributed by atoms with van der Waals surface area (Å²) in [5.41, 5.74) is -0.172. The molecule has 0 saturated heterocycles. The Morgan fingerprint density at radius 3 is 2.90 bits per heavy atom. The van der Waals surface area contributed by atoms with E-state index in [1.54, 1.807) is 6.20 Å². The molecule has 0 amide bonds. The van der Waals surface area contributed by atoms with Crippen molar-refractivity contribution in [3.63, 3.8) is 0 Å². The molecule has 0 atom stereocenters. The number of thiazole rings is 1. The van der Waals surface area contributed by atoms with Gasteiger partial charge in [0.1, 0.15) is 16.5 Å². The molecule has 0 aliphatic heterocycles. The largest absolute Gasteiger partial charge is 0.373 e. The lowest BCUT2D eigenvalue weighted by atomic mass is 10.2. The first-order valence-corrected chi connectivity index (χ1v) is 7.01. The zero-order valence-electron chi connectivity index (χ0n) is 10.5. The monoisotopic (exact) mass is 315 g/mol. The van der Waals surface area contributed by atoms with Gasteiger partial charge in [0.15, 0.2) is 0 Å². The number of hydrogen-bond acceptors (Lipinski definition) is 5. The molecular weight excluding hydrogens is 305 g/mol. The Morgan fingerprint density at radius 1 is 1.55 bits per heavy atom. The van der Waals surface area contributed by atoms with Crippen LogP contribution in [0.15, 0.2) is 18.3 Å². The van der Waals surface area contributed by atoms with E-state index in [2.05, 4.69) is 10.3 Å². The van der Waals surface area contributed by atoms with E-state index in [1.807, 2.05) is 6.92 Å². The predicted molar refractivity (Wildman–Crippen MR) is 76.9 cm³/mol. The topological polar surface area (TPSA) is 68.1 Å². The summed E-state index contributed by atoms with van der Waals surface area (Å²) in [7, 11) is 0. The minimum Gasteiger partial charge on any atom is -0.373 e. The maximum atomic E-state index is 13.4. The van der Waals surface area contributed by atoms with Crippen molar-refractivity contribution in [3.05, 3.63) is 49.2 Å². The molecule has 1 aromatic carbocycles. The van der Waals surface area contributed by atoms with E-state index in [0.29, 0.717) is 6.54 Å². The fourth-order valence-corrected chi connectivity index (χ4v) is 2.55. The zero-order chi connectivity index (χ0) is 14.7. The van der Waals surface area contributed by atoms with Crippen molar-refractivity contribution in [3.8, 4) is 0 Å². The molecule has 0 radical (unpaired) electrons. The van der Waals surface area contributed by atoms with Crippen LogP contribution in [0, 0.1) is 15.9 Å². The van der Waals surface area contributed by atoms with Crippen LogP contribution in [-0.4, -0.2) is 9.91 Å². The minimum absolute atomic E-state index is 0.0881. The molecule has 1 heterocycles. The highest BCUT2D eigenvalue weighted by Crippen LogP contribution is 2.30. The first kappa shape index (κ1) is 14.7. The fraction of sp³-hybridized carbons (Fsp3) is 0.250. The van der Waals surface area contributed by atoms with Crippen LogP contribution in [0.5, 0.6) is 0 Å². The lowest BCUT2D eigenvalue weighted by Gasteiger charge is -2.06. The van der Waals surface area contributed by atoms with Gasteiger partial charge in [-0.25, -0.2) is 9.37 Å². The van der Waals surface area contributed by atoms with Crippen molar-refractivity contribution in [1.29, 1.82) is 0 Å². The Morgan fingerprint density at radius 2 is 2.30 bits per heavy atom. The number of nitro benzene ring substituents is 1. The smallest absolute Gasteiger partial charge is 0.294 e. The van der Waals surface area contributed by atoms with E-state index in [4.69, 9.17) is 11.6 Å². The minimum atomic E-state index is -0.701. The van der Waals surface area contributed by atoms with Gasteiger partial charge in [-0.2, -0.15) is 0 Å². The zero-order valence-corrected chi connectivity index (χ0v) is 12.1. The number of hydrogen-bond donors (Lipinski definition) is 1. The lowest BCUT2D eigenvalue weighted by Crippen LogP contribution is -2.03. The SMILES string of the molecule is CCc1cnc(CNc2cc(F)c(Cl)cc2[N+](=O)[O-])s1. The third-order valence-corrected chi connectivity index (χ3v) is 4.05. The Bertz CT molecular complexity index is 648. The molecule has 0 spiro atoms. The maximum Gasteiger partial charge on any atom is 0.294 e. The van der Waals surface area contributed by atoms with Crippen LogP contribution < -0.4 is 5.32 Å². The van der Waals surface area contributed by atoms with Crippen LogP contribution in [0.1, 0.15) is 16.8 Å².